The molecule has 0 radical (unpaired) electrons. The van der Waals surface area contributed by atoms with E-state index in [0.717, 1.165) is 5.57 Å². The van der Waals surface area contributed by atoms with Gasteiger partial charge in [-0.1, -0.05) is 12.2 Å². The number of carboxylic acids is 1. The second-order valence-corrected chi connectivity index (χ2v) is 4.17. The number of amides is 2. The van der Waals surface area contributed by atoms with Crippen molar-refractivity contribution in [3.05, 3.63) is 12.2 Å². The fourth-order valence-electron chi connectivity index (χ4n) is 1.45. The highest BCUT2D eigenvalue weighted by molar-refractivity contribution is 5.74. The molecule has 98 valence electrons. The van der Waals surface area contributed by atoms with Crippen molar-refractivity contribution in [2.45, 2.75) is 26.7 Å². The maximum absolute atomic E-state index is 11.9. The van der Waals surface area contributed by atoms with Gasteiger partial charge < -0.3 is 14.9 Å². The normalized spacial score (nSPS) is 9.82. The summed E-state index contributed by atoms with van der Waals surface area (Å²) in [7, 11) is 1.69. The van der Waals surface area contributed by atoms with Crippen molar-refractivity contribution in [3.8, 4) is 0 Å². The minimum absolute atomic E-state index is 0.0825. The summed E-state index contributed by atoms with van der Waals surface area (Å²) in [6.45, 7) is 9.18. The Hall–Kier alpha value is -1.52. The first kappa shape index (κ1) is 15.5. The van der Waals surface area contributed by atoms with Crippen LogP contribution in [0.15, 0.2) is 12.2 Å². The molecule has 1 N–H and O–H groups in total. The van der Waals surface area contributed by atoms with Gasteiger partial charge >= 0.3 is 12.0 Å². The molecule has 0 aromatic carbocycles. The average molecular weight is 242 g/mol. The summed E-state index contributed by atoms with van der Waals surface area (Å²) in [6, 6.07) is -0.0825. The van der Waals surface area contributed by atoms with Gasteiger partial charge in [0.05, 0.1) is 0 Å². The van der Waals surface area contributed by atoms with E-state index in [4.69, 9.17) is 5.11 Å². The van der Waals surface area contributed by atoms with Crippen LogP contribution < -0.4 is 0 Å². The van der Waals surface area contributed by atoms with Crippen LogP contribution in [-0.4, -0.2) is 53.6 Å². The van der Waals surface area contributed by atoms with Crippen molar-refractivity contribution in [2.24, 2.45) is 0 Å². The molecule has 17 heavy (non-hydrogen) atoms. The van der Waals surface area contributed by atoms with Gasteiger partial charge in [0.25, 0.3) is 0 Å². The van der Waals surface area contributed by atoms with Gasteiger partial charge in [-0.15, -0.1) is 0 Å². The molecule has 5 nitrogen and oxygen atoms in total. The van der Waals surface area contributed by atoms with E-state index < -0.39 is 5.97 Å². The molecule has 0 heterocycles. The van der Waals surface area contributed by atoms with Crippen LogP contribution >= 0.6 is 0 Å². The Labute approximate surface area is 103 Å². The lowest BCUT2D eigenvalue weighted by Crippen LogP contribution is -2.42. The maximum Gasteiger partial charge on any atom is 0.320 e. The highest BCUT2D eigenvalue weighted by Crippen LogP contribution is 2.02. The minimum Gasteiger partial charge on any atom is -0.481 e. The summed E-state index contributed by atoms with van der Waals surface area (Å²) in [5, 5.41) is 8.51. The van der Waals surface area contributed by atoms with Gasteiger partial charge in [-0.2, -0.15) is 0 Å². The first-order valence-corrected chi connectivity index (χ1v) is 5.74. The summed E-state index contributed by atoms with van der Waals surface area (Å²) < 4.78 is 0. The van der Waals surface area contributed by atoms with Gasteiger partial charge in [-0.05, 0) is 20.3 Å². The Morgan fingerprint density at radius 1 is 1.35 bits per heavy atom. The topological polar surface area (TPSA) is 60.9 Å². The van der Waals surface area contributed by atoms with Gasteiger partial charge in [0.1, 0.15) is 0 Å². The van der Waals surface area contributed by atoms with Crippen molar-refractivity contribution in [1.29, 1.82) is 0 Å². The lowest BCUT2D eigenvalue weighted by molar-refractivity contribution is -0.137. The number of rotatable bonds is 7. The zero-order valence-corrected chi connectivity index (χ0v) is 10.9. The highest BCUT2D eigenvalue weighted by atomic mass is 16.4. The Bertz CT molecular complexity index is 289. The van der Waals surface area contributed by atoms with E-state index in [9.17, 15) is 9.59 Å². The molecule has 0 aliphatic heterocycles. The fraction of sp³-hybridized carbons (Fsp3) is 0.667. The van der Waals surface area contributed by atoms with E-state index >= 15 is 0 Å². The summed E-state index contributed by atoms with van der Waals surface area (Å²) in [6.07, 6.45) is 0.562. The lowest BCUT2D eigenvalue weighted by atomic mass is 10.3. The molecule has 2 amide bonds. The molecule has 0 aliphatic carbocycles. The Morgan fingerprint density at radius 2 is 1.94 bits per heavy atom. The van der Waals surface area contributed by atoms with E-state index in [-0.39, 0.29) is 12.5 Å². The van der Waals surface area contributed by atoms with Crippen LogP contribution in [-0.2, 0) is 4.79 Å². The van der Waals surface area contributed by atoms with E-state index in [1.54, 1.807) is 16.8 Å². The standard InChI is InChI=1S/C12H22N2O3/c1-5-14(9-10(2)3)12(17)13(4)8-6-7-11(15)16/h2,5-9H2,1,3-4H3,(H,15,16). The molecule has 0 fully saturated rings. The summed E-state index contributed by atoms with van der Waals surface area (Å²) in [5.41, 5.74) is 0.930. The number of nitrogens with zero attached hydrogens (tertiary/aromatic N) is 2. The highest BCUT2D eigenvalue weighted by Gasteiger charge is 2.16. The third-order valence-electron chi connectivity index (χ3n) is 2.32. The van der Waals surface area contributed by atoms with Gasteiger partial charge in [0.2, 0.25) is 0 Å². The predicted octanol–water partition coefficient (Wildman–Crippen LogP) is 1.80. The first-order valence-electron chi connectivity index (χ1n) is 5.74. The molecule has 0 saturated carbocycles. The second kappa shape index (κ2) is 7.70. The number of likely N-dealkylation sites (N-methyl/N-ethyl adjacent to an activating group) is 1. The number of carbonyl (C=O) groups excluding carboxylic acids is 1. The molecule has 5 heteroatoms. The number of aliphatic carboxylic acids is 1. The number of hydrogen-bond acceptors (Lipinski definition) is 2. The van der Waals surface area contributed by atoms with Crippen LogP contribution in [0.4, 0.5) is 4.79 Å². The molecule has 0 aliphatic rings. The zero-order valence-electron chi connectivity index (χ0n) is 10.9. The second-order valence-electron chi connectivity index (χ2n) is 4.17. The quantitative estimate of drug-likeness (QED) is 0.692. The van der Waals surface area contributed by atoms with Crippen molar-refractivity contribution in [1.82, 2.24) is 9.80 Å². The van der Waals surface area contributed by atoms with Crippen LogP contribution in [0.3, 0.4) is 0 Å². The summed E-state index contributed by atoms with van der Waals surface area (Å²) in [4.78, 5) is 25.5. The van der Waals surface area contributed by atoms with Crippen LogP contribution in [0.5, 0.6) is 0 Å². The van der Waals surface area contributed by atoms with Gasteiger partial charge in [-0.25, -0.2) is 4.79 Å². The Balaban J connectivity index is 4.16. The zero-order chi connectivity index (χ0) is 13.4. The molecule has 0 atom stereocenters. The first-order chi connectivity index (χ1) is 7.88. The Morgan fingerprint density at radius 3 is 2.35 bits per heavy atom. The molecule has 0 unspecified atom stereocenters. The third-order valence-corrected chi connectivity index (χ3v) is 2.32. The van der Waals surface area contributed by atoms with E-state index in [0.29, 0.717) is 26.1 Å². The number of urea groups is 1. The number of carbonyl (C=O) groups is 2. The minimum atomic E-state index is -0.833. The number of hydrogen-bond donors (Lipinski definition) is 1. The third kappa shape index (κ3) is 6.60. The predicted molar refractivity (Wildman–Crippen MR) is 67.0 cm³/mol. The van der Waals surface area contributed by atoms with Crippen molar-refractivity contribution >= 4 is 12.0 Å². The van der Waals surface area contributed by atoms with E-state index in [2.05, 4.69) is 6.58 Å². The van der Waals surface area contributed by atoms with E-state index in [1.165, 1.54) is 0 Å². The molecular formula is C12H22N2O3. The van der Waals surface area contributed by atoms with Gasteiger partial charge in [-0.3, -0.25) is 4.79 Å². The van der Waals surface area contributed by atoms with Crippen LogP contribution in [0.25, 0.3) is 0 Å². The lowest BCUT2D eigenvalue weighted by Gasteiger charge is -2.27. The van der Waals surface area contributed by atoms with Crippen LogP contribution in [0.1, 0.15) is 26.7 Å². The summed E-state index contributed by atoms with van der Waals surface area (Å²) >= 11 is 0. The Kier molecular flexibility index (Phi) is 7.02. The maximum atomic E-state index is 11.9. The smallest absolute Gasteiger partial charge is 0.320 e. The fourth-order valence-corrected chi connectivity index (χ4v) is 1.45. The van der Waals surface area contributed by atoms with Gasteiger partial charge in [0, 0.05) is 33.1 Å². The molecular weight excluding hydrogens is 220 g/mol. The number of carboxylic acid groups (broad SMARTS) is 1. The molecule has 0 bridgehead atoms. The molecule has 0 aromatic heterocycles. The molecule has 0 rings (SSSR count). The largest absolute Gasteiger partial charge is 0.481 e. The molecule has 0 aromatic rings. The SMILES string of the molecule is C=C(C)CN(CC)C(=O)N(C)CCCC(=O)O. The summed E-state index contributed by atoms with van der Waals surface area (Å²) in [5.74, 6) is -0.833. The van der Waals surface area contributed by atoms with Crippen LogP contribution in [0.2, 0.25) is 0 Å². The van der Waals surface area contributed by atoms with Crippen molar-refractivity contribution < 1.29 is 14.7 Å². The van der Waals surface area contributed by atoms with Crippen molar-refractivity contribution in [3.63, 3.8) is 0 Å². The van der Waals surface area contributed by atoms with E-state index in [1.807, 2.05) is 13.8 Å². The monoisotopic (exact) mass is 242 g/mol. The average Bonchev–Trinajstić information content (AvgIpc) is 2.23. The van der Waals surface area contributed by atoms with Crippen LogP contribution in [0, 0.1) is 0 Å². The molecule has 0 saturated heterocycles. The molecule has 0 spiro atoms. The van der Waals surface area contributed by atoms with Gasteiger partial charge in [0.15, 0.2) is 0 Å². The van der Waals surface area contributed by atoms with Crippen molar-refractivity contribution in [2.75, 3.05) is 26.7 Å².